The first-order chi connectivity index (χ1) is 11.3. The molecule has 4 rings (SSSR count). The molecule has 6 heteroatoms. The van der Waals surface area contributed by atoms with Crippen molar-refractivity contribution in [3.8, 4) is 5.88 Å². The van der Waals surface area contributed by atoms with Crippen molar-refractivity contribution in [3.05, 3.63) is 23.9 Å². The van der Waals surface area contributed by atoms with Gasteiger partial charge in [0.1, 0.15) is 0 Å². The highest BCUT2D eigenvalue weighted by Crippen LogP contribution is 2.38. The average molecular weight is 317 g/mol. The first kappa shape index (κ1) is 14.9. The Morgan fingerprint density at radius 3 is 2.87 bits per heavy atom. The standard InChI is InChI=1S/C17H23N3O3/c1-22-16-5-4-13(8-18-16)17(21)19-6-7-20-14(9-19)10-23-11-15(20)12-2-3-12/h4-5,8,12,14-15H,2-3,6-7,9-11H2,1H3/t14-,15-/m1/s1. The summed E-state index contributed by atoms with van der Waals surface area (Å²) in [6.45, 7) is 4.06. The Kier molecular flexibility index (Phi) is 3.95. The topological polar surface area (TPSA) is 54.9 Å². The Bertz CT molecular complexity index is 573. The van der Waals surface area contributed by atoms with Gasteiger partial charge >= 0.3 is 0 Å². The number of amides is 1. The molecule has 0 spiro atoms. The maximum absolute atomic E-state index is 12.7. The SMILES string of the molecule is COc1ccc(C(=O)N2CCN3[C@@H](COC[C@@H]3C3CC3)C2)cn1. The van der Waals surface area contributed by atoms with Crippen LogP contribution in [0.5, 0.6) is 5.88 Å². The Labute approximate surface area is 136 Å². The Hall–Kier alpha value is -1.66. The van der Waals surface area contributed by atoms with E-state index in [2.05, 4.69) is 9.88 Å². The number of hydrogen-bond donors (Lipinski definition) is 0. The van der Waals surface area contributed by atoms with Crippen molar-refractivity contribution in [3.63, 3.8) is 0 Å². The van der Waals surface area contributed by atoms with Crippen LogP contribution in [0, 0.1) is 5.92 Å². The number of piperazine rings is 1. The van der Waals surface area contributed by atoms with Gasteiger partial charge in [0.05, 0.1) is 31.9 Å². The zero-order valence-corrected chi connectivity index (χ0v) is 13.5. The number of carbonyl (C=O) groups excluding carboxylic acids is 1. The minimum absolute atomic E-state index is 0.0494. The molecule has 3 fully saturated rings. The summed E-state index contributed by atoms with van der Waals surface area (Å²) in [7, 11) is 1.57. The smallest absolute Gasteiger partial charge is 0.255 e. The molecule has 6 nitrogen and oxygen atoms in total. The third-order valence-corrected chi connectivity index (χ3v) is 5.20. The molecule has 0 aromatic carbocycles. The summed E-state index contributed by atoms with van der Waals surface area (Å²) in [5.74, 6) is 1.39. The predicted molar refractivity (Wildman–Crippen MR) is 84.5 cm³/mol. The van der Waals surface area contributed by atoms with Crippen LogP contribution in [-0.4, -0.2) is 72.7 Å². The van der Waals surface area contributed by atoms with E-state index >= 15 is 0 Å². The first-order valence-corrected chi connectivity index (χ1v) is 8.39. The molecule has 0 unspecified atom stereocenters. The summed E-state index contributed by atoms with van der Waals surface area (Å²) in [4.78, 5) is 21.3. The van der Waals surface area contributed by atoms with Gasteiger partial charge in [0, 0.05) is 37.9 Å². The molecule has 1 aromatic rings. The number of methoxy groups -OCH3 is 1. The fraction of sp³-hybridized carbons (Fsp3) is 0.647. The van der Waals surface area contributed by atoms with Gasteiger partial charge in [-0.25, -0.2) is 4.98 Å². The fourth-order valence-corrected chi connectivity index (χ4v) is 3.76. The Morgan fingerprint density at radius 1 is 1.30 bits per heavy atom. The maximum Gasteiger partial charge on any atom is 0.255 e. The molecular weight excluding hydrogens is 294 g/mol. The van der Waals surface area contributed by atoms with Gasteiger partial charge in [0.2, 0.25) is 5.88 Å². The lowest BCUT2D eigenvalue weighted by atomic mass is 10.0. The summed E-state index contributed by atoms with van der Waals surface area (Å²) < 4.78 is 10.9. The van der Waals surface area contributed by atoms with E-state index in [1.165, 1.54) is 12.8 Å². The lowest BCUT2D eigenvalue weighted by Crippen LogP contribution is -2.63. The van der Waals surface area contributed by atoms with E-state index in [9.17, 15) is 4.79 Å². The molecule has 1 aliphatic carbocycles. The number of fused-ring (bicyclic) bond motifs is 1. The van der Waals surface area contributed by atoms with Gasteiger partial charge in [-0.2, -0.15) is 0 Å². The molecule has 2 saturated heterocycles. The molecule has 1 amide bonds. The van der Waals surface area contributed by atoms with Crippen molar-refractivity contribution in [1.82, 2.24) is 14.8 Å². The molecule has 23 heavy (non-hydrogen) atoms. The molecule has 0 N–H and O–H groups in total. The summed E-state index contributed by atoms with van der Waals surface area (Å²) >= 11 is 0. The lowest BCUT2D eigenvalue weighted by Gasteiger charge is -2.48. The van der Waals surface area contributed by atoms with Crippen LogP contribution in [-0.2, 0) is 4.74 Å². The second-order valence-corrected chi connectivity index (χ2v) is 6.67. The van der Waals surface area contributed by atoms with Crippen LogP contribution in [0.15, 0.2) is 18.3 Å². The van der Waals surface area contributed by atoms with E-state index in [1.54, 1.807) is 25.4 Å². The number of aromatic nitrogens is 1. The van der Waals surface area contributed by atoms with Crippen LogP contribution in [0.3, 0.4) is 0 Å². The van der Waals surface area contributed by atoms with Gasteiger partial charge in [-0.15, -0.1) is 0 Å². The number of nitrogens with zero attached hydrogens (tertiary/aromatic N) is 3. The van der Waals surface area contributed by atoms with E-state index in [1.807, 2.05) is 4.90 Å². The highest BCUT2D eigenvalue weighted by molar-refractivity contribution is 5.94. The molecule has 2 atom stereocenters. The molecule has 1 aromatic heterocycles. The van der Waals surface area contributed by atoms with Gasteiger partial charge in [0.25, 0.3) is 5.91 Å². The van der Waals surface area contributed by atoms with Crippen LogP contribution in [0.2, 0.25) is 0 Å². The first-order valence-electron chi connectivity index (χ1n) is 8.39. The largest absolute Gasteiger partial charge is 0.481 e. The number of morpholine rings is 1. The molecule has 0 bridgehead atoms. The van der Waals surface area contributed by atoms with Crippen molar-refractivity contribution < 1.29 is 14.3 Å². The van der Waals surface area contributed by atoms with E-state index in [4.69, 9.17) is 9.47 Å². The highest BCUT2D eigenvalue weighted by atomic mass is 16.5. The molecule has 124 valence electrons. The second-order valence-electron chi connectivity index (χ2n) is 6.67. The summed E-state index contributed by atoms with van der Waals surface area (Å²) in [5.41, 5.74) is 0.620. The van der Waals surface area contributed by atoms with Crippen molar-refractivity contribution in [2.24, 2.45) is 5.92 Å². The molecule has 0 radical (unpaired) electrons. The Balaban J connectivity index is 1.43. The van der Waals surface area contributed by atoms with Crippen LogP contribution in [0.1, 0.15) is 23.2 Å². The van der Waals surface area contributed by atoms with Crippen LogP contribution in [0.25, 0.3) is 0 Å². The predicted octanol–water partition coefficient (Wildman–Crippen LogP) is 1.03. The van der Waals surface area contributed by atoms with Crippen molar-refractivity contribution in [1.29, 1.82) is 0 Å². The number of hydrogen-bond acceptors (Lipinski definition) is 5. The van der Waals surface area contributed by atoms with E-state index in [0.29, 0.717) is 23.5 Å². The van der Waals surface area contributed by atoms with Crippen LogP contribution < -0.4 is 4.74 Å². The molecule has 2 aliphatic heterocycles. The van der Waals surface area contributed by atoms with Crippen molar-refractivity contribution in [2.75, 3.05) is 40.0 Å². The van der Waals surface area contributed by atoms with Crippen molar-refractivity contribution >= 4 is 5.91 Å². The normalized spacial score (nSPS) is 28.3. The van der Waals surface area contributed by atoms with Crippen LogP contribution >= 0.6 is 0 Å². The molecular formula is C17H23N3O3. The molecule has 3 aliphatic rings. The maximum atomic E-state index is 12.7. The van der Waals surface area contributed by atoms with Crippen molar-refractivity contribution in [2.45, 2.75) is 24.9 Å². The minimum Gasteiger partial charge on any atom is -0.481 e. The van der Waals surface area contributed by atoms with Gasteiger partial charge in [-0.1, -0.05) is 0 Å². The summed E-state index contributed by atoms with van der Waals surface area (Å²) in [6.07, 6.45) is 4.26. The summed E-state index contributed by atoms with van der Waals surface area (Å²) in [6, 6.07) is 4.41. The van der Waals surface area contributed by atoms with E-state index in [-0.39, 0.29) is 5.91 Å². The monoisotopic (exact) mass is 317 g/mol. The van der Waals surface area contributed by atoms with Gasteiger partial charge in [-0.3, -0.25) is 9.69 Å². The average Bonchev–Trinajstić information content (AvgIpc) is 3.45. The Morgan fingerprint density at radius 2 is 2.17 bits per heavy atom. The number of ether oxygens (including phenoxy) is 2. The van der Waals surface area contributed by atoms with E-state index in [0.717, 1.165) is 38.8 Å². The zero-order valence-electron chi connectivity index (χ0n) is 13.5. The highest BCUT2D eigenvalue weighted by Gasteiger charge is 2.43. The zero-order chi connectivity index (χ0) is 15.8. The number of carbonyl (C=O) groups is 1. The third-order valence-electron chi connectivity index (χ3n) is 5.20. The minimum atomic E-state index is 0.0494. The fourth-order valence-electron chi connectivity index (χ4n) is 3.76. The van der Waals surface area contributed by atoms with Crippen LogP contribution in [0.4, 0.5) is 0 Å². The number of pyridine rings is 1. The van der Waals surface area contributed by atoms with Gasteiger partial charge in [-0.05, 0) is 24.8 Å². The molecule has 3 heterocycles. The van der Waals surface area contributed by atoms with E-state index < -0.39 is 0 Å². The quantitative estimate of drug-likeness (QED) is 0.833. The lowest BCUT2D eigenvalue weighted by molar-refractivity contribution is -0.0816. The third kappa shape index (κ3) is 2.93. The van der Waals surface area contributed by atoms with Gasteiger partial charge < -0.3 is 14.4 Å². The van der Waals surface area contributed by atoms with Gasteiger partial charge in [0.15, 0.2) is 0 Å². The second kappa shape index (κ2) is 6.09. The number of rotatable bonds is 3. The summed E-state index contributed by atoms with van der Waals surface area (Å²) in [5, 5.41) is 0. The molecule has 1 saturated carbocycles.